The first-order valence-electron chi connectivity index (χ1n) is 36.3. The smallest absolute Gasteiger partial charge is 0.306 e. The topological polar surface area (TPSA) is 78.9 Å². The van der Waals surface area contributed by atoms with Gasteiger partial charge in [-0.15, -0.1) is 0 Å². The third-order valence-electron chi connectivity index (χ3n) is 16.2. The quantitative estimate of drug-likeness (QED) is 0.0261. The van der Waals surface area contributed by atoms with Crippen LogP contribution in [0, 0.1) is 0 Å². The molecule has 0 spiro atoms. The monoisotopic (exact) mass is 1150 g/mol. The fraction of sp³-hybridized carbons (Fsp3) is 0.829. The van der Waals surface area contributed by atoms with E-state index in [9.17, 15) is 14.4 Å². The van der Waals surface area contributed by atoms with Gasteiger partial charge in [-0.3, -0.25) is 14.4 Å². The number of hydrogen-bond acceptors (Lipinski definition) is 6. The molecule has 0 heterocycles. The molecule has 0 rings (SSSR count). The Kier molecular flexibility index (Phi) is 68.1. The molecule has 6 nitrogen and oxygen atoms in total. The van der Waals surface area contributed by atoms with Gasteiger partial charge < -0.3 is 14.2 Å². The Balaban J connectivity index is 4.14. The van der Waals surface area contributed by atoms with Gasteiger partial charge in [-0.05, 0) is 103 Å². The second kappa shape index (κ2) is 70.6. The number of rotatable bonds is 67. The first-order valence-corrected chi connectivity index (χ1v) is 36.3. The number of esters is 3. The van der Waals surface area contributed by atoms with Crippen molar-refractivity contribution in [3.63, 3.8) is 0 Å². The molecule has 0 fully saturated rings. The highest BCUT2D eigenvalue weighted by molar-refractivity contribution is 5.71. The molecule has 0 saturated carbocycles. The highest BCUT2D eigenvalue weighted by Crippen LogP contribution is 2.18. The Morgan fingerprint density at radius 2 is 0.476 bits per heavy atom. The summed E-state index contributed by atoms with van der Waals surface area (Å²) in [6.07, 6.45) is 91.4. The van der Waals surface area contributed by atoms with Gasteiger partial charge in [0.25, 0.3) is 0 Å². The van der Waals surface area contributed by atoms with E-state index < -0.39 is 6.10 Å². The van der Waals surface area contributed by atoms with Crippen molar-refractivity contribution in [1.82, 2.24) is 0 Å². The van der Waals surface area contributed by atoms with Crippen LogP contribution in [0.5, 0.6) is 0 Å². The molecule has 6 heteroatoms. The van der Waals surface area contributed by atoms with Gasteiger partial charge in [-0.25, -0.2) is 0 Å². The number of allylic oxidation sites excluding steroid dienone is 10. The normalized spacial score (nSPS) is 12.4. The minimum absolute atomic E-state index is 0.0819. The van der Waals surface area contributed by atoms with E-state index in [1.165, 1.54) is 263 Å². The standard InChI is InChI=1S/C76H138O6/c1-4-7-10-13-16-19-22-25-27-29-31-32-33-34-35-36-37-38-39-40-41-42-43-44-45-47-48-51-54-57-60-63-66-69-75(78)81-72-73(71-80-74(77)68-65-62-59-56-53-50-24-21-18-15-12-9-6-3)82-76(79)70-67-64-61-58-55-52-49-46-30-28-26-23-20-17-14-11-8-5-2/h9,12,18,21,28-31,50,53,73H,4-8,10-11,13-17,19-20,22-27,32-49,51-52,54-72H2,1-3H3/b12-9-,21-18-,30-28-,31-29-,53-50-. The fourth-order valence-corrected chi connectivity index (χ4v) is 10.8. The zero-order valence-electron chi connectivity index (χ0n) is 55.0. The second-order valence-corrected chi connectivity index (χ2v) is 24.5. The van der Waals surface area contributed by atoms with Crippen LogP contribution in [0.2, 0.25) is 0 Å². The molecule has 0 aromatic carbocycles. The lowest BCUT2D eigenvalue weighted by Gasteiger charge is -2.18. The first-order chi connectivity index (χ1) is 40.5. The third kappa shape index (κ3) is 67.9. The van der Waals surface area contributed by atoms with Crippen molar-refractivity contribution in [2.24, 2.45) is 0 Å². The summed E-state index contributed by atoms with van der Waals surface area (Å²) in [5.74, 6) is -0.896. The van der Waals surface area contributed by atoms with Crippen LogP contribution in [0.15, 0.2) is 60.8 Å². The molecular weight excluding hydrogens is 1010 g/mol. The van der Waals surface area contributed by atoms with Crippen molar-refractivity contribution in [3.05, 3.63) is 60.8 Å². The summed E-state index contributed by atoms with van der Waals surface area (Å²) in [4.78, 5) is 38.4. The maximum Gasteiger partial charge on any atom is 0.306 e. The lowest BCUT2D eigenvalue weighted by atomic mass is 10.0. The van der Waals surface area contributed by atoms with Crippen molar-refractivity contribution in [1.29, 1.82) is 0 Å². The number of hydrogen-bond donors (Lipinski definition) is 0. The molecule has 0 radical (unpaired) electrons. The van der Waals surface area contributed by atoms with Gasteiger partial charge in [0.2, 0.25) is 0 Å². The molecule has 0 aromatic rings. The number of carbonyl (C=O) groups is 3. The zero-order valence-corrected chi connectivity index (χ0v) is 55.0. The summed E-state index contributed by atoms with van der Waals surface area (Å²) < 4.78 is 16.9. The minimum atomic E-state index is -0.788. The van der Waals surface area contributed by atoms with Crippen LogP contribution in [0.4, 0.5) is 0 Å². The van der Waals surface area contributed by atoms with Gasteiger partial charge in [0, 0.05) is 19.3 Å². The van der Waals surface area contributed by atoms with Crippen LogP contribution in [-0.2, 0) is 28.6 Å². The number of carbonyl (C=O) groups excluding carboxylic acids is 3. The van der Waals surface area contributed by atoms with E-state index in [0.717, 1.165) is 83.5 Å². The molecule has 478 valence electrons. The molecule has 0 N–H and O–H groups in total. The Hall–Kier alpha value is -2.89. The van der Waals surface area contributed by atoms with E-state index in [4.69, 9.17) is 14.2 Å². The first kappa shape index (κ1) is 79.1. The van der Waals surface area contributed by atoms with E-state index in [-0.39, 0.29) is 31.1 Å². The van der Waals surface area contributed by atoms with E-state index in [0.29, 0.717) is 19.3 Å². The molecule has 0 bridgehead atoms. The van der Waals surface area contributed by atoms with Crippen molar-refractivity contribution in [3.8, 4) is 0 Å². The molecule has 0 amide bonds. The van der Waals surface area contributed by atoms with E-state index in [1.54, 1.807) is 0 Å². The molecule has 82 heavy (non-hydrogen) atoms. The van der Waals surface area contributed by atoms with Gasteiger partial charge in [0.15, 0.2) is 6.10 Å². The Bertz CT molecular complexity index is 1460. The maximum absolute atomic E-state index is 12.9. The molecule has 0 aliphatic carbocycles. The molecular formula is C76H138O6. The van der Waals surface area contributed by atoms with Crippen LogP contribution < -0.4 is 0 Å². The Morgan fingerprint density at radius 3 is 0.768 bits per heavy atom. The van der Waals surface area contributed by atoms with Crippen LogP contribution in [0.1, 0.15) is 387 Å². The van der Waals surface area contributed by atoms with Crippen molar-refractivity contribution in [2.45, 2.75) is 393 Å². The molecule has 0 saturated heterocycles. The van der Waals surface area contributed by atoms with Gasteiger partial charge in [0.05, 0.1) is 0 Å². The van der Waals surface area contributed by atoms with Gasteiger partial charge >= 0.3 is 17.9 Å². The fourth-order valence-electron chi connectivity index (χ4n) is 10.8. The van der Waals surface area contributed by atoms with Gasteiger partial charge in [0.1, 0.15) is 13.2 Å². The van der Waals surface area contributed by atoms with Crippen LogP contribution in [0.25, 0.3) is 0 Å². The second-order valence-electron chi connectivity index (χ2n) is 24.5. The number of unbranched alkanes of at least 4 members (excludes halogenated alkanes) is 46. The van der Waals surface area contributed by atoms with Crippen LogP contribution in [-0.4, -0.2) is 37.2 Å². The maximum atomic E-state index is 12.9. The average molecular weight is 1150 g/mol. The van der Waals surface area contributed by atoms with E-state index >= 15 is 0 Å². The van der Waals surface area contributed by atoms with Crippen LogP contribution in [0.3, 0.4) is 0 Å². The van der Waals surface area contributed by atoms with E-state index in [2.05, 4.69) is 81.5 Å². The highest BCUT2D eigenvalue weighted by atomic mass is 16.6. The summed E-state index contributed by atoms with van der Waals surface area (Å²) in [6, 6.07) is 0. The van der Waals surface area contributed by atoms with Crippen molar-refractivity contribution in [2.75, 3.05) is 13.2 Å². The average Bonchev–Trinajstić information content (AvgIpc) is 3.47. The van der Waals surface area contributed by atoms with Crippen molar-refractivity contribution < 1.29 is 28.6 Å². The summed E-state index contributed by atoms with van der Waals surface area (Å²) >= 11 is 0. The van der Waals surface area contributed by atoms with Crippen LogP contribution >= 0.6 is 0 Å². The lowest BCUT2D eigenvalue weighted by molar-refractivity contribution is -0.167. The summed E-state index contributed by atoms with van der Waals surface area (Å²) in [5, 5.41) is 0. The molecule has 1 atom stereocenters. The van der Waals surface area contributed by atoms with Gasteiger partial charge in [-0.2, -0.15) is 0 Å². The Morgan fingerprint density at radius 1 is 0.256 bits per heavy atom. The third-order valence-corrected chi connectivity index (χ3v) is 16.2. The Labute approximate surface area is 510 Å². The van der Waals surface area contributed by atoms with Crippen molar-refractivity contribution >= 4 is 17.9 Å². The molecule has 0 aliphatic rings. The summed E-state index contributed by atoms with van der Waals surface area (Å²) in [6.45, 7) is 6.55. The highest BCUT2D eigenvalue weighted by Gasteiger charge is 2.19. The molecule has 0 aliphatic heterocycles. The summed E-state index contributed by atoms with van der Waals surface area (Å²) in [7, 11) is 0. The van der Waals surface area contributed by atoms with Gasteiger partial charge in [-0.1, -0.05) is 326 Å². The molecule has 1 unspecified atom stereocenters. The number of ether oxygens (including phenoxy) is 3. The lowest BCUT2D eigenvalue weighted by Crippen LogP contribution is -2.30. The SMILES string of the molecule is CC/C=C\C/C=C\C/C=C\CCCCCC(=O)OCC(COC(=O)CCCCCCCCCCCCCCCCCCCCCCC/C=C\CCCCCCCCCC)OC(=O)CCCCCCCCC/C=C\CCCCCCCCC. The van der Waals surface area contributed by atoms with E-state index in [1.807, 2.05) is 0 Å². The zero-order chi connectivity index (χ0) is 59.2. The minimum Gasteiger partial charge on any atom is -0.462 e. The predicted octanol–water partition coefficient (Wildman–Crippen LogP) is 25.1. The predicted molar refractivity (Wildman–Crippen MR) is 358 cm³/mol. The largest absolute Gasteiger partial charge is 0.462 e. The molecule has 0 aromatic heterocycles. The summed E-state index contributed by atoms with van der Waals surface area (Å²) in [5.41, 5.74) is 0.